The first-order valence-electron chi connectivity index (χ1n) is 5.21. The topological polar surface area (TPSA) is 56.2 Å². The van der Waals surface area contributed by atoms with E-state index in [0.717, 1.165) is 5.52 Å². The van der Waals surface area contributed by atoms with Crippen molar-refractivity contribution in [2.24, 2.45) is 11.7 Å². The summed E-state index contributed by atoms with van der Waals surface area (Å²) < 4.78 is 1.84. The van der Waals surface area contributed by atoms with Crippen molar-refractivity contribution in [1.82, 2.24) is 14.6 Å². The molecule has 2 rings (SSSR count). The normalized spacial score (nSPS) is 13.6. The molecule has 4 heteroatoms. The van der Waals surface area contributed by atoms with Crippen molar-refractivity contribution in [3.63, 3.8) is 0 Å². The van der Waals surface area contributed by atoms with Gasteiger partial charge in [0.25, 0.3) is 0 Å². The molecule has 0 spiro atoms. The first-order valence-corrected chi connectivity index (χ1v) is 5.21. The van der Waals surface area contributed by atoms with Crippen LogP contribution in [0.5, 0.6) is 0 Å². The van der Waals surface area contributed by atoms with E-state index in [0.29, 0.717) is 18.4 Å². The van der Waals surface area contributed by atoms with Crippen LogP contribution in [0.3, 0.4) is 0 Å². The molecule has 0 aromatic carbocycles. The van der Waals surface area contributed by atoms with Gasteiger partial charge < -0.3 is 5.73 Å². The Balaban J connectivity index is 2.51. The quantitative estimate of drug-likeness (QED) is 0.822. The molecule has 0 aliphatic heterocycles. The maximum atomic E-state index is 5.80. The number of nitrogens with zero attached hydrogens (tertiary/aromatic N) is 3. The fraction of sp³-hybridized carbons (Fsp3) is 0.455. The average Bonchev–Trinajstić information content (AvgIpc) is 2.63. The van der Waals surface area contributed by atoms with Gasteiger partial charge in [0, 0.05) is 23.9 Å². The molecule has 1 atom stereocenters. The van der Waals surface area contributed by atoms with Crippen molar-refractivity contribution in [3.8, 4) is 0 Å². The number of nitrogens with two attached hydrogens (primary N) is 1. The van der Waals surface area contributed by atoms with Crippen LogP contribution in [0.25, 0.3) is 5.52 Å². The zero-order valence-electron chi connectivity index (χ0n) is 9.09. The second kappa shape index (κ2) is 3.98. The van der Waals surface area contributed by atoms with E-state index in [-0.39, 0.29) is 0 Å². The Morgan fingerprint density at radius 2 is 2.20 bits per heavy atom. The highest BCUT2D eigenvalue weighted by molar-refractivity contribution is 5.53. The summed E-state index contributed by atoms with van der Waals surface area (Å²) in [6.07, 6.45) is 7.32. The zero-order chi connectivity index (χ0) is 10.8. The van der Waals surface area contributed by atoms with Gasteiger partial charge in [-0.25, -0.2) is 4.52 Å². The molecule has 2 aromatic heterocycles. The molecule has 0 saturated carbocycles. The molecule has 2 aromatic rings. The third kappa shape index (κ3) is 1.72. The Bertz CT molecular complexity index is 447. The Morgan fingerprint density at radius 3 is 2.87 bits per heavy atom. The summed E-state index contributed by atoms with van der Waals surface area (Å²) in [6.45, 7) is 5.00. The molecule has 80 valence electrons. The largest absolute Gasteiger partial charge is 0.330 e. The summed E-state index contributed by atoms with van der Waals surface area (Å²) in [5, 5.41) is 4.29. The van der Waals surface area contributed by atoms with Crippen molar-refractivity contribution < 1.29 is 0 Å². The third-order valence-electron chi connectivity index (χ3n) is 2.81. The van der Waals surface area contributed by atoms with E-state index in [1.54, 1.807) is 6.20 Å². The molecule has 0 amide bonds. The van der Waals surface area contributed by atoms with Gasteiger partial charge in [-0.2, -0.15) is 5.10 Å². The summed E-state index contributed by atoms with van der Waals surface area (Å²) in [6, 6.07) is 0. The lowest BCUT2D eigenvalue weighted by atomic mass is 9.90. The second-order valence-corrected chi connectivity index (χ2v) is 4.09. The molecule has 0 aliphatic carbocycles. The van der Waals surface area contributed by atoms with E-state index in [1.165, 1.54) is 5.56 Å². The van der Waals surface area contributed by atoms with Crippen LogP contribution in [0.15, 0.2) is 24.8 Å². The minimum atomic E-state index is 0.353. The van der Waals surface area contributed by atoms with Gasteiger partial charge in [-0.05, 0) is 12.5 Å². The highest BCUT2D eigenvalue weighted by Gasteiger charge is 2.18. The fourth-order valence-electron chi connectivity index (χ4n) is 1.90. The van der Waals surface area contributed by atoms with Gasteiger partial charge >= 0.3 is 0 Å². The van der Waals surface area contributed by atoms with Crippen LogP contribution in [0.4, 0.5) is 0 Å². The summed E-state index contributed by atoms with van der Waals surface area (Å²) in [5.74, 6) is 0.870. The van der Waals surface area contributed by atoms with Gasteiger partial charge in [-0.1, -0.05) is 13.8 Å². The van der Waals surface area contributed by atoms with E-state index >= 15 is 0 Å². The van der Waals surface area contributed by atoms with Crippen molar-refractivity contribution in [2.45, 2.75) is 19.8 Å². The van der Waals surface area contributed by atoms with Crippen LogP contribution in [0, 0.1) is 5.92 Å². The number of hydrogen-bond acceptors (Lipinski definition) is 3. The van der Waals surface area contributed by atoms with Crippen LogP contribution in [0.1, 0.15) is 25.3 Å². The van der Waals surface area contributed by atoms with Gasteiger partial charge in [0.05, 0.1) is 17.9 Å². The summed E-state index contributed by atoms with van der Waals surface area (Å²) >= 11 is 0. The highest BCUT2D eigenvalue weighted by Crippen LogP contribution is 2.26. The Kier molecular flexibility index (Phi) is 2.68. The predicted octanol–water partition coefficient (Wildman–Crippen LogP) is 1.43. The average molecular weight is 204 g/mol. The van der Waals surface area contributed by atoms with E-state index < -0.39 is 0 Å². The van der Waals surface area contributed by atoms with Gasteiger partial charge in [0.15, 0.2) is 0 Å². The molecule has 1 unspecified atom stereocenters. The van der Waals surface area contributed by atoms with E-state index in [2.05, 4.69) is 23.9 Å². The molecular weight excluding hydrogens is 188 g/mol. The number of fused-ring (bicyclic) bond motifs is 1. The summed E-state index contributed by atoms with van der Waals surface area (Å²) in [4.78, 5) is 4.12. The van der Waals surface area contributed by atoms with Gasteiger partial charge in [-0.15, -0.1) is 0 Å². The molecular formula is C11H16N4. The first-order chi connectivity index (χ1) is 7.24. The monoisotopic (exact) mass is 204 g/mol. The van der Waals surface area contributed by atoms with Crippen LogP contribution < -0.4 is 5.73 Å². The van der Waals surface area contributed by atoms with Gasteiger partial charge in [0.1, 0.15) is 0 Å². The first kappa shape index (κ1) is 10.1. The van der Waals surface area contributed by atoms with Crippen molar-refractivity contribution in [1.29, 1.82) is 0 Å². The van der Waals surface area contributed by atoms with E-state index in [9.17, 15) is 0 Å². The molecule has 0 saturated heterocycles. The standard InChI is InChI=1S/C11H16N4/c1-8(2)9(5-12)10-6-14-15-4-3-13-7-11(10)15/h3-4,6-9H,5,12H2,1-2H3. The van der Waals surface area contributed by atoms with Crippen LogP contribution in [0.2, 0.25) is 0 Å². The predicted molar refractivity (Wildman–Crippen MR) is 59.6 cm³/mol. The minimum absolute atomic E-state index is 0.353. The molecule has 4 nitrogen and oxygen atoms in total. The van der Waals surface area contributed by atoms with Crippen LogP contribution >= 0.6 is 0 Å². The number of aromatic nitrogens is 3. The lowest BCUT2D eigenvalue weighted by Gasteiger charge is -2.17. The van der Waals surface area contributed by atoms with E-state index in [4.69, 9.17) is 5.73 Å². The van der Waals surface area contributed by atoms with E-state index in [1.807, 2.05) is 23.1 Å². The number of hydrogen-bond donors (Lipinski definition) is 1. The molecule has 2 heterocycles. The number of rotatable bonds is 3. The maximum absolute atomic E-state index is 5.80. The molecule has 15 heavy (non-hydrogen) atoms. The third-order valence-corrected chi connectivity index (χ3v) is 2.81. The SMILES string of the molecule is CC(C)C(CN)c1cnn2ccncc12. The minimum Gasteiger partial charge on any atom is -0.330 e. The van der Waals surface area contributed by atoms with Crippen molar-refractivity contribution in [2.75, 3.05) is 6.54 Å². The van der Waals surface area contributed by atoms with Crippen LogP contribution in [-0.2, 0) is 0 Å². The smallest absolute Gasteiger partial charge is 0.0880 e. The lowest BCUT2D eigenvalue weighted by molar-refractivity contribution is 0.509. The molecule has 0 radical (unpaired) electrons. The van der Waals surface area contributed by atoms with Gasteiger partial charge in [-0.3, -0.25) is 4.98 Å². The summed E-state index contributed by atoms with van der Waals surface area (Å²) in [5.41, 5.74) is 8.05. The summed E-state index contributed by atoms with van der Waals surface area (Å²) in [7, 11) is 0. The van der Waals surface area contributed by atoms with Crippen molar-refractivity contribution >= 4 is 5.52 Å². The van der Waals surface area contributed by atoms with Gasteiger partial charge in [0.2, 0.25) is 0 Å². The maximum Gasteiger partial charge on any atom is 0.0880 e. The Morgan fingerprint density at radius 1 is 1.40 bits per heavy atom. The van der Waals surface area contributed by atoms with Crippen LogP contribution in [-0.4, -0.2) is 21.1 Å². The molecule has 0 aliphatic rings. The lowest BCUT2D eigenvalue weighted by Crippen LogP contribution is -2.17. The highest BCUT2D eigenvalue weighted by atomic mass is 15.2. The fourth-order valence-corrected chi connectivity index (χ4v) is 1.90. The molecule has 2 N–H and O–H groups in total. The molecule has 0 fully saturated rings. The molecule has 0 bridgehead atoms. The van der Waals surface area contributed by atoms with Crippen molar-refractivity contribution in [3.05, 3.63) is 30.4 Å². The zero-order valence-corrected chi connectivity index (χ0v) is 9.09. The Labute approximate surface area is 89.1 Å². The second-order valence-electron chi connectivity index (χ2n) is 4.09. The Hall–Kier alpha value is -1.42.